The molecule has 0 saturated heterocycles. The van der Waals surface area contributed by atoms with Crippen molar-refractivity contribution in [2.45, 2.75) is 17.2 Å². The van der Waals surface area contributed by atoms with Crippen molar-refractivity contribution in [2.75, 3.05) is 10.6 Å². The van der Waals surface area contributed by atoms with E-state index in [1.807, 2.05) is 0 Å². The molecule has 33 heavy (non-hydrogen) atoms. The van der Waals surface area contributed by atoms with Crippen LogP contribution in [0.25, 0.3) is 0 Å². The van der Waals surface area contributed by atoms with Crippen LogP contribution in [0.1, 0.15) is 27.7 Å². The lowest BCUT2D eigenvalue weighted by Crippen LogP contribution is -2.38. The van der Waals surface area contributed by atoms with Gasteiger partial charge in [0.25, 0.3) is 5.91 Å². The number of fused-ring (bicyclic) bond motifs is 1. The largest absolute Gasteiger partial charge is 0.416 e. The quantitative estimate of drug-likeness (QED) is 0.474. The number of anilines is 2. The van der Waals surface area contributed by atoms with Gasteiger partial charge in [0.05, 0.1) is 11.3 Å². The number of carbonyl (C=O) groups excluding carboxylic acids is 1. The number of carbonyl (C=O) groups is 1. The molecule has 1 amide bonds. The summed E-state index contributed by atoms with van der Waals surface area (Å²) in [6.07, 6.45) is -5.74. The molecular formula is C21H14F5N3O3S. The summed E-state index contributed by atoms with van der Waals surface area (Å²) >= 11 is 0. The molecule has 1 unspecified atom stereocenters. The van der Waals surface area contributed by atoms with E-state index in [4.69, 9.17) is 0 Å². The predicted molar refractivity (Wildman–Crippen MR) is 109 cm³/mol. The number of hydrogen-bond acceptors (Lipinski definition) is 4. The molecule has 0 bridgehead atoms. The van der Waals surface area contributed by atoms with Crippen molar-refractivity contribution < 1.29 is 35.2 Å². The van der Waals surface area contributed by atoms with Crippen LogP contribution in [-0.2, 0) is 16.2 Å². The second kappa shape index (κ2) is 8.12. The summed E-state index contributed by atoms with van der Waals surface area (Å²) in [5.41, 5.74) is -0.739. The Morgan fingerprint density at radius 1 is 0.909 bits per heavy atom. The fraction of sp³-hybridized carbons (Fsp3) is 0.0952. The van der Waals surface area contributed by atoms with Gasteiger partial charge in [-0.25, -0.2) is 17.2 Å². The molecule has 6 nitrogen and oxygen atoms in total. The highest BCUT2D eigenvalue weighted by Gasteiger charge is 2.35. The summed E-state index contributed by atoms with van der Waals surface area (Å²) < 4.78 is 92.7. The maximum Gasteiger partial charge on any atom is 0.416 e. The summed E-state index contributed by atoms with van der Waals surface area (Å²) in [6, 6.07) is 10.6. The lowest BCUT2D eigenvalue weighted by atomic mass is 10.1. The molecule has 0 fully saturated rings. The van der Waals surface area contributed by atoms with Crippen molar-refractivity contribution in [3.8, 4) is 0 Å². The Morgan fingerprint density at radius 2 is 1.61 bits per heavy atom. The zero-order valence-electron chi connectivity index (χ0n) is 16.4. The summed E-state index contributed by atoms with van der Waals surface area (Å²) in [5.74, 6) is -2.83. The van der Waals surface area contributed by atoms with Crippen molar-refractivity contribution >= 4 is 27.3 Å². The number of alkyl halides is 3. The molecule has 0 aromatic heterocycles. The first-order valence-electron chi connectivity index (χ1n) is 9.30. The van der Waals surface area contributed by atoms with E-state index >= 15 is 0 Å². The summed E-state index contributed by atoms with van der Waals surface area (Å²) in [7, 11) is -4.10. The standard InChI is InChI=1S/C21H14F5N3O3S/c22-15-7-6-14(10-16(15)23)27-20(30)12-3-1-11(2-4-12)19-28-17-9-13(21(24,25)26)5-8-18(17)33(31,32)29-19/h1-10,19,28-29H,(H,27,30). The minimum atomic E-state index is -4.65. The van der Waals surface area contributed by atoms with Gasteiger partial charge in [-0.1, -0.05) is 12.1 Å². The van der Waals surface area contributed by atoms with E-state index in [9.17, 15) is 35.2 Å². The number of nitrogens with one attached hydrogen (secondary N) is 3. The third kappa shape index (κ3) is 4.66. The fourth-order valence-electron chi connectivity index (χ4n) is 3.21. The Labute approximate surface area is 184 Å². The lowest BCUT2D eigenvalue weighted by molar-refractivity contribution is -0.137. The first kappa shape index (κ1) is 22.7. The minimum absolute atomic E-state index is 0.0294. The fourth-order valence-corrected chi connectivity index (χ4v) is 4.50. The van der Waals surface area contributed by atoms with E-state index < -0.39 is 45.5 Å². The maximum absolute atomic E-state index is 13.3. The molecule has 0 aliphatic carbocycles. The Hall–Kier alpha value is -3.51. The van der Waals surface area contributed by atoms with Gasteiger partial charge in [-0.3, -0.25) is 4.79 Å². The topological polar surface area (TPSA) is 87.3 Å². The first-order valence-corrected chi connectivity index (χ1v) is 10.8. The molecule has 1 atom stereocenters. The van der Waals surface area contributed by atoms with E-state index in [2.05, 4.69) is 15.4 Å². The molecule has 4 rings (SSSR count). The first-order chi connectivity index (χ1) is 15.4. The van der Waals surface area contributed by atoms with E-state index in [1.54, 1.807) is 0 Å². The maximum atomic E-state index is 13.3. The smallest absolute Gasteiger partial charge is 0.364 e. The number of benzene rings is 3. The predicted octanol–water partition coefficient (Wildman–Crippen LogP) is 4.64. The monoisotopic (exact) mass is 483 g/mol. The molecular weight excluding hydrogens is 469 g/mol. The number of hydrogen-bond donors (Lipinski definition) is 3. The number of amides is 1. The van der Waals surface area contributed by atoms with Gasteiger partial charge in [-0.05, 0) is 48.0 Å². The molecule has 0 radical (unpaired) electrons. The molecule has 1 aliphatic heterocycles. The van der Waals surface area contributed by atoms with Crippen LogP contribution < -0.4 is 15.4 Å². The van der Waals surface area contributed by atoms with E-state index in [0.29, 0.717) is 17.7 Å². The molecule has 1 heterocycles. The van der Waals surface area contributed by atoms with Crippen LogP contribution in [-0.4, -0.2) is 14.3 Å². The van der Waals surface area contributed by atoms with Crippen LogP contribution in [0.5, 0.6) is 0 Å². The Bertz CT molecular complexity index is 1340. The highest BCUT2D eigenvalue weighted by atomic mass is 32.2. The second-order valence-corrected chi connectivity index (χ2v) is 8.79. The molecule has 3 N–H and O–H groups in total. The Morgan fingerprint density at radius 3 is 2.24 bits per heavy atom. The molecule has 0 saturated carbocycles. The molecule has 3 aromatic rings. The molecule has 12 heteroatoms. The Balaban J connectivity index is 1.55. The van der Waals surface area contributed by atoms with Gasteiger partial charge in [0, 0.05) is 17.3 Å². The van der Waals surface area contributed by atoms with Crippen LogP contribution in [0.3, 0.4) is 0 Å². The molecule has 172 valence electrons. The normalized spacial score (nSPS) is 17.1. The van der Waals surface area contributed by atoms with Crippen LogP contribution in [0.15, 0.2) is 65.6 Å². The molecule has 1 aliphatic rings. The summed E-state index contributed by atoms with van der Waals surface area (Å²) in [4.78, 5) is 12.0. The van der Waals surface area contributed by atoms with Crippen molar-refractivity contribution in [1.82, 2.24) is 4.72 Å². The summed E-state index contributed by atoms with van der Waals surface area (Å²) in [6.45, 7) is 0. The third-order valence-electron chi connectivity index (χ3n) is 4.85. The van der Waals surface area contributed by atoms with E-state index in [-0.39, 0.29) is 21.8 Å². The summed E-state index contributed by atoms with van der Waals surface area (Å²) in [5, 5.41) is 5.11. The van der Waals surface area contributed by atoms with E-state index in [1.165, 1.54) is 30.3 Å². The van der Waals surface area contributed by atoms with Gasteiger partial charge in [-0.2, -0.15) is 17.9 Å². The van der Waals surface area contributed by atoms with Gasteiger partial charge in [0.1, 0.15) is 11.1 Å². The average molecular weight is 483 g/mol. The van der Waals surface area contributed by atoms with Gasteiger partial charge in [-0.15, -0.1) is 0 Å². The van der Waals surface area contributed by atoms with Crippen molar-refractivity contribution in [3.05, 3.63) is 89.0 Å². The van der Waals surface area contributed by atoms with Gasteiger partial charge >= 0.3 is 6.18 Å². The van der Waals surface area contributed by atoms with Crippen molar-refractivity contribution in [2.24, 2.45) is 0 Å². The number of halogens is 5. The van der Waals surface area contributed by atoms with Gasteiger partial charge < -0.3 is 10.6 Å². The second-order valence-electron chi connectivity index (χ2n) is 7.11. The Kier molecular flexibility index (Phi) is 5.58. The zero-order chi connectivity index (χ0) is 24.0. The molecule has 0 spiro atoms. The average Bonchev–Trinajstić information content (AvgIpc) is 2.75. The highest BCUT2D eigenvalue weighted by Crippen LogP contribution is 2.37. The van der Waals surface area contributed by atoms with Crippen molar-refractivity contribution in [3.63, 3.8) is 0 Å². The number of rotatable bonds is 3. The minimum Gasteiger partial charge on any atom is -0.364 e. The third-order valence-corrected chi connectivity index (χ3v) is 6.33. The van der Waals surface area contributed by atoms with Crippen molar-refractivity contribution in [1.29, 1.82) is 0 Å². The highest BCUT2D eigenvalue weighted by molar-refractivity contribution is 7.89. The lowest BCUT2D eigenvalue weighted by Gasteiger charge is -2.29. The van der Waals surface area contributed by atoms with Gasteiger partial charge in [0.2, 0.25) is 10.0 Å². The number of sulfonamides is 1. The zero-order valence-corrected chi connectivity index (χ0v) is 17.2. The molecule has 3 aromatic carbocycles. The van der Waals surface area contributed by atoms with Gasteiger partial charge in [0.15, 0.2) is 11.6 Å². The SMILES string of the molecule is O=C(Nc1ccc(F)c(F)c1)c1ccc(C2Nc3cc(C(F)(F)F)ccc3S(=O)(=O)N2)cc1. The van der Waals surface area contributed by atoms with Crippen LogP contribution in [0.2, 0.25) is 0 Å². The van der Waals surface area contributed by atoms with Crippen LogP contribution in [0.4, 0.5) is 33.3 Å². The van der Waals surface area contributed by atoms with Crippen LogP contribution >= 0.6 is 0 Å². The van der Waals surface area contributed by atoms with E-state index in [0.717, 1.165) is 18.2 Å². The van der Waals surface area contributed by atoms with Crippen LogP contribution in [0, 0.1) is 11.6 Å².